The van der Waals surface area contributed by atoms with Gasteiger partial charge in [0, 0.05) is 22.3 Å². The summed E-state index contributed by atoms with van der Waals surface area (Å²) in [6, 6.07) is 4.97. The Balaban J connectivity index is 2.49. The van der Waals surface area contributed by atoms with E-state index in [9.17, 15) is 8.42 Å². The Morgan fingerprint density at radius 3 is 2.16 bits per heavy atom. The van der Waals surface area contributed by atoms with Crippen LogP contribution in [0.3, 0.4) is 0 Å². The summed E-state index contributed by atoms with van der Waals surface area (Å²) < 4.78 is 32.4. The minimum absolute atomic E-state index is 0.177. The van der Waals surface area contributed by atoms with E-state index in [1.54, 1.807) is 18.2 Å². The molecule has 19 heavy (non-hydrogen) atoms. The fraction of sp³-hybridized carbons (Fsp3) is 0.200. The number of aromatic amines is 1. The average molecular weight is 304 g/mol. The minimum Gasteiger partial charge on any atom is -0.497 e. The van der Waals surface area contributed by atoms with Crippen molar-refractivity contribution in [2.24, 2.45) is 0 Å². The van der Waals surface area contributed by atoms with Crippen LogP contribution in [0.15, 0.2) is 23.4 Å². The van der Waals surface area contributed by atoms with Crippen molar-refractivity contribution in [1.82, 2.24) is 15.2 Å². The van der Waals surface area contributed by atoms with Gasteiger partial charge >= 0.3 is 0 Å². The van der Waals surface area contributed by atoms with Gasteiger partial charge in [-0.15, -0.1) is 0 Å². The lowest BCUT2D eigenvalue weighted by Gasteiger charge is -2.05. The minimum atomic E-state index is -3.94. The maximum Gasteiger partial charge on any atom is 0.296 e. The maximum absolute atomic E-state index is 11.1. The van der Waals surface area contributed by atoms with Crippen molar-refractivity contribution >= 4 is 19.7 Å². The third kappa shape index (κ3) is 2.96. The van der Waals surface area contributed by atoms with Crippen LogP contribution >= 0.6 is 10.7 Å². The first-order valence-electron chi connectivity index (χ1n) is 5.04. The third-order valence-corrected chi connectivity index (χ3v) is 3.39. The highest BCUT2D eigenvalue weighted by molar-refractivity contribution is 8.13. The third-order valence-electron chi connectivity index (χ3n) is 2.31. The fourth-order valence-electron chi connectivity index (χ4n) is 1.42. The molecular weight excluding hydrogens is 294 g/mol. The molecule has 1 N–H and O–H groups in total. The number of ether oxygens (including phenoxy) is 2. The van der Waals surface area contributed by atoms with E-state index in [2.05, 4.69) is 15.2 Å². The molecule has 7 nitrogen and oxygen atoms in total. The second-order valence-corrected chi connectivity index (χ2v) is 5.98. The van der Waals surface area contributed by atoms with E-state index in [1.807, 2.05) is 0 Å². The van der Waals surface area contributed by atoms with Gasteiger partial charge in [0.05, 0.1) is 14.2 Å². The largest absolute Gasteiger partial charge is 0.497 e. The van der Waals surface area contributed by atoms with Gasteiger partial charge in [-0.2, -0.15) is 10.1 Å². The van der Waals surface area contributed by atoms with E-state index in [4.69, 9.17) is 20.2 Å². The van der Waals surface area contributed by atoms with Gasteiger partial charge < -0.3 is 9.47 Å². The monoisotopic (exact) mass is 303 g/mol. The SMILES string of the molecule is COc1cc(OC)cc(-c2n[nH]c(S(=O)(=O)Cl)n2)c1. The highest BCUT2D eigenvalue weighted by Crippen LogP contribution is 2.28. The molecule has 102 valence electrons. The van der Waals surface area contributed by atoms with Gasteiger partial charge in [0.25, 0.3) is 14.2 Å². The zero-order chi connectivity index (χ0) is 14.0. The van der Waals surface area contributed by atoms with E-state index in [0.717, 1.165) is 0 Å². The quantitative estimate of drug-likeness (QED) is 0.858. The van der Waals surface area contributed by atoms with Gasteiger partial charge in [0.1, 0.15) is 11.5 Å². The predicted octanol–water partition coefficient (Wildman–Crippen LogP) is 1.42. The van der Waals surface area contributed by atoms with Crippen molar-refractivity contribution in [2.45, 2.75) is 5.16 Å². The van der Waals surface area contributed by atoms with E-state index >= 15 is 0 Å². The van der Waals surface area contributed by atoms with Crippen molar-refractivity contribution in [1.29, 1.82) is 0 Å². The topological polar surface area (TPSA) is 94.2 Å². The smallest absolute Gasteiger partial charge is 0.296 e. The first-order valence-corrected chi connectivity index (χ1v) is 7.35. The number of hydrogen-bond acceptors (Lipinski definition) is 6. The van der Waals surface area contributed by atoms with Crippen LogP contribution in [0.5, 0.6) is 11.5 Å². The summed E-state index contributed by atoms with van der Waals surface area (Å²) in [5, 5.41) is 5.64. The van der Waals surface area contributed by atoms with E-state index < -0.39 is 14.2 Å². The lowest BCUT2D eigenvalue weighted by Crippen LogP contribution is -1.93. The molecule has 1 aromatic heterocycles. The van der Waals surface area contributed by atoms with Crippen molar-refractivity contribution in [2.75, 3.05) is 14.2 Å². The van der Waals surface area contributed by atoms with Gasteiger partial charge in [-0.3, -0.25) is 0 Å². The first kappa shape index (κ1) is 13.6. The molecule has 0 spiro atoms. The van der Waals surface area contributed by atoms with E-state index in [-0.39, 0.29) is 5.82 Å². The number of benzene rings is 1. The van der Waals surface area contributed by atoms with Gasteiger partial charge in [0.15, 0.2) is 5.82 Å². The predicted molar refractivity (Wildman–Crippen MR) is 68.0 cm³/mol. The lowest BCUT2D eigenvalue weighted by atomic mass is 10.2. The van der Waals surface area contributed by atoms with Crippen molar-refractivity contribution in [3.63, 3.8) is 0 Å². The summed E-state index contributed by atoms with van der Waals surface area (Å²) in [4.78, 5) is 3.80. The molecule has 0 aliphatic carbocycles. The molecule has 2 rings (SSSR count). The highest BCUT2D eigenvalue weighted by atomic mass is 35.7. The molecule has 0 saturated carbocycles. The van der Waals surface area contributed by atoms with Gasteiger partial charge in [-0.25, -0.2) is 13.5 Å². The highest BCUT2D eigenvalue weighted by Gasteiger charge is 2.17. The zero-order valence-corrected chi connectivity index (χ0v) is 11.6. The number of methoxy groups -OCH3 is 2. The number of halogens is 1. The standard InChI is InChI=1S/C10H10ClN3O4S/c1-17-7-3-6(4-8(5-7)18-2)9-12-10(14-13-9)19(11,15)16/h3-5H,1-2H3,(H,12,13,14). The van der Waals surface area contributed by atoms with Crippen LogP contribution in [-0.4, -0.2) is 37.8 Å². The van der Waals surface area contributed by atoms with E-state index in [0.29, 0.717) is 17.1 Å². The van der Waals surface area contributed by atoms with Gasteiger partial charge in [-0.1, -0.05) is 0 Å². The molecule has 0 saturated heterocycles. The summed E-state index contributed by atoms with van der Waals surface area (Å²) >= 11 is 0. The summed E-state index contributed by atoms with van der Waals surface area (Å²) in [6.45, 7) is 0. The van der Waals surface area contributed by atoms with Crippen molar-refractivity contribution in [3.05, 3.63) is 18.2 Å². The molecule has 0 fully saturated rings. The van der Waals surface area contributed by atoms with Crippen LogP contribution in [0.1, 0.15) is 0 Å². The van der Waals surface area contributed by atoms with Crippen LogP contribution < -0.4 is 9.47 Å². The fourth-order valence-corrected chi connectivity index (χ4v) is 1.98. The Morgan fingerprint density at radius 1 is 1.16 bits per heavy atom. The molecule has 0 aliphatic rings. The molecular formula is C10H10ClN3O4S. The molecule has 2 aromatic rings. The van der Waals surface area contributed by atoms with Crippen LogP contribution in [0.4, 0.5) is 0 Å². The van der Waals surface area contributed by atoms with E-state index in [1.165, 1.54) is 14.2 Å². The molecule has 0 radical (unpaired) electrons. The average Bonchev–Trinajstić information content (AvgIpc) is 2.87. The Labute approximate surface area is 113 Å². The molecule has 0 unspecified atom stereocenters. The normalized spacial score (nSPS) is 11.3. The number of hydrogen-bond donors (Lipinski definition) is 1. The second kappa shape index (κ2) is 5.06. The summed E-state index contributed by atoms with van der Waals surface area (Å²) in [7, 11) is 4.24. The summed E-state index contributed by atoms with van der Waals surface area (Å²) in [5.41, 5.74) is 0.541. The maximum atomic E-state index is 11.1. The Kier molecular flexibility index (Phi) is 3.63. The Hall–Kier alpha value is -1.80. The van der Waals surface area contributed by atoms with Crippen LogP contribution in [0.25, 0.3) is 11.4 Å². The van der Waals surface area contributed by atoms with Crippen molar-refractivity contribution < 1.29 is 17.9 Å². The van der Waals surface area contributed by atoms with Crippen LogP contribution in [0, 0.1) is 0 Å². The number of rotatable bonds is 4. The number of aromatic nitrogens is 3. The zero-order valence-electron chi connectivity index (χ0n) is 10.0. The number of nitrogens with zero attached hydrogens (tertiary/aromatic N) is 2. The summed E-state index contributed by atoms with van der Waals surface area (Å²) in [6.07, 6.45) is 0. The van der Waals surface area contributed by atoms with Crippen LogP contribution in [0.2, 0.25) is 0 Å². The molecule has 1 heterocycles. The number of nitrogens with one attached hydrogen (secondary N) is 1. The Bertz CT molecular complexity index is 676. The van der Waals surface area contributed by atoms with Gasteiger partial charge in [0.2, 0.25) is 0 Å². The molecule has 0 bridgehead atoms. The van der Waals surface area contributed by atoms with Gasteiger partial charge in [-0.05, 0) is 12.1 Å². The molecule has 0 atom stereocenters. The molecule has 0 aliphatic heterocycles. The number of H-pyrrole nitrogens is 1. The van der Waals surface area contributed by atoms with Crippen molar-refractivity contribution in [3.8, 4) is 22.9 Å². The second-order valence-electron chi connectivity index (χ2n) is 3.50. The Morgan fingerprint density at radius 2 is 1.74 bits per heavy atom. The molecule has 1 aromatic carbocycles. The molecule has 9 heteroatoms. The molecule has 0 amide bonds. The summed E-state index contributed by atoms with van der Waals surface area (Å²) in [5.74, 6) is 1.25. The van der Waals surface area contributed by atoms with Crippen LogP contribution in [-0.2, 0) is 9.05 Å². The first-order chi connectivity index (χ1) is 8.94. The lowest BCUT2D eigenvalue weighted by molar-refractivity contribution is 0.394.